The van der Waals surface area contributed by atoms with E-state index in [0.717, 1.165) is 167 Å². The third-order valence-corrected chi connectivity index (χ3v) is 16.5. The summed E-state index contributed by atoms with van der Waals surface area (Å²) in [4.78, 5) is 72.6. The highest BCUT2D eigenvalue weighted by Crippen LogP contribution is 2.45. The molecule has 0 spiro atoms. The topological polar surface area (TPSA) is 237 Å². The van der Waals surface area contributed by atoms with Gasteiger partial charge in [-0.05, 0) is 135 Å². The Hall–Kier alpha value is -4.80. The number of hydrogen-bond acceptors (Lipinski definition) is 15. The molecule has 0 aromatic carbocycles. The lowest BCUT2D eigenvalue weighted by molar-refractivity contribution is -0.161. The molecule has 3 N–H and O–H groups in total. The van der Waals surface area contributed by atoms with Crippen molar-refractivity contribution < 1.29 is 80.2 Å². The smallest absolute Gasteiger partial charge is 0.462 e. The third-order valence-electron chi connectivity index (χ3n) is 14.6. The van der Waals surface area contributed by atoms with Crippen LogP contribution in [0.1, 0.15) is 272 Å². The molecule has 96 heavy (non-hydrogen) atoms. The van der Waals surface area contributed by atoms with Gasteiger partial charge in [-0.25, -0.2) is 9.13 Å². The highest BCUT2D eigenvalue weighted by Gasteiger charge is 2.30. The summed E-state index contributed by atoms with van der Waals surface area (Å²) in [7, 11) is -9.98. The summed E-state index contributed by atoms with van der Waals surface area (Å²) in [5.41, 5.74) is 0. The molecule has 548 valence electrons. The summed E-state index contributed by atoms with van der Waals surface area (Å²) < 4.78 is 68.2. The van der Waals surface area contributed by atoms with E-state index in [1.54, 1.807) is 6.08 Å². The molecular formula is C77H128O17P2. The lowest BCUT2D eigenvalue weighted by Crippen LogP contribution is -2.30. The predicted molar refractivity (Wildman–Crippen MR) is 390 cm³/mol. The number of allylic oxidation sites excluding steroid dienone is 21. The average molecular weight is 1390 g/mol. The number of aliphatic hydroxyl groups is 1. The third kappa shape index (κ3) is 67.8. The van der Waals surface area contributed by atoms with Crippen LogP contribution in [0, 0.1) is 0 Å². The first kappa shape index (κ1) is 91.2. The summed E-state index contributed by atoms with van der Waals surface area (Å²) in [6.07, 6.45) is 74.9. The van der Waals surface area contributed by atoms with Gasteiger partial charge < -0.3 is 33.8 Å². The Kier molecular flexibility index (Phi) is 65.3. The van der Waals surface area contributed by atoms with E-state index in [0.29, 0.717) is 25.7 Å². The zero-order valence-electron chi connectivity index (χ0n) is 59.5. The fourth-order valence-electron chi connectivity index (χ4n) is 9.10. The molecule has 0 bridgehead atoms. The summed E-state index contributed by atoms with van der Waals surface area (Å²) in [5, 5.41) is 10.6. The number of ether oxygens (including phenoxy) is 4. The molecule has 0 aromatic rings. The Bertz CT molecular complexity index is 2350. The van der Waals surface area contributed by atoms with Crippen molar-refractivity contribution >= 4 is 39.5 Å². The molecule has 0 aliphatic heterocycles. The van der Waals surface area contributed by atoms with Crippen LogP contribution in [0.5, 0.6) is 0 Å². The zero-order valence-corrected chi connectivity index (χ0v) is 61.3. The number of unbranched alkanes of at least 4 members (excludes halogenated alkanes) is 20. The van der Waals surface area contributed by atoms with Gasteiger partial charge in [-0.2, -0.15) is 0 Å². The van der Waals surface area contributed by atoms with Crippen molar-refractivity contribution in [1.82, 2.24) is 0 Å². The van der Waals surface area contributed by atoms with Crippen LogP contribution in [0.25, 0.3) is 0 Å². The highest BCUT2D eigenvalue weighted by molar-refractivity contribution is 7.47. The normalized spacial score (nSPS) is 14.8. The Morgan fingerprint density at radius 2 is 0.604 bits per heavy atom. The van der Waals surface area contributed by atoms with Gasteiger partial charge in [-0.3, -0.25) is 37.3 Å². The van der Waals surface area contributed by atoms with Gasteiger partial charge in [-0.1, -0.05) is 245 Å². The number of aliphatic hydroxyl groups excluding tert-OH is 1. The van der Waals surface area contributed by atoms with E-state index in [1.807, 2.05) is 18.2 Å². The molecule has 5 unspecified atom stereocenters. The van der Waals surface area contributed by atoms with Gasteiger partial charge >= 0.3 is 39.5 Å². The van der Waals surface area contributed by atoms with Crippen molar-refractivity contribution in [1.29, 1.82) is 0 Å². The summed E-state index contributed by atoms with van der Waals surface area (Å²) >= 11 is 0. The number of hydrogen-bond donors (Lipinski definition) is 3. The van der Waals surface area contributed by atoms with Gasteiger partial charge in [0.25, 0.3) is 0 Å². The SMILES string of the molecule is CC/C=C\C/C=C\C/C=C\C/C=C\C/C=C\CC(=O)OCC(COP(=O)(O)OCC(O)COP(=O)(O)OCC(COC(=O)CCCCCCC/C=C\C/C=C\C/C=C\CC)OC(=O)CCCCCCC/C=C\C/C=C\CCC)OC(=O)CCCCCCC/C=C\CCCCCC. The van der Waals surface area contributed by atoms with Gasteiger partial charge in [0, 0.05) is 19.3 Å². The summed E-state index contributed by atoms with van der Waals surface area (Å²) in [6, 6.07) is 0. The average Bonchev–Trinajstić information content (AvgIpc) is 1.14. The summed E-state index contributed by atoms with van der Waals surface area (Å²) in [5.74, 6) is -2.37. The van der Waals surface area contributed by atoms with Crippen molar-refractivity contribution in [3.05, 3.63) is 134 Å². The molecule has 0 aliphatic rings. The van der Waals surface area contributed by atoms with Crippen LogP contribution < -0.4 is 0 Å². The van der Waals surface area contributed by atoms with E-state index in [1.165, 1.54) is 25.7 Å². The molecule has 0 rings (SSSR count). The Labute approximate surface area is 580 Å². The van der Waals surface area contributed by atoms with Crippen LogP contribution in [-0.2, 0) is 65.4 Å². The van der Waals surface area contributed by atoms with Gasteiger partial charge in [0.15, 0.2) is 12.2 Å². The molecule has 17 nitrogen and oxygen atoms in total. The number of esters is 4. The number of carbonyl (C=O) groups is 4. The molecular weight excluding hydrogens is 1260 g/mol. The van der Waals surface area contributed by atoms with E-state index >= 15 is 0 Å². The maximum Gasteiger partial charge on any atom is 0.472 e. The van der Waals surface area contributed by atoms with E-state index in [9.17, 15) is 43.2 Å². The van der Waals surface area contributed by atoms with Crippen molar-refractivity contribution in [2.24, 2.45) is 0 Å². The van der Waals surface area contributed by atoms with Gasteiger partial charge in [-0.15, -0.1) is 0 Å². The van der Waals surface area contributed by atoms with Crippen molar-refractivity contribution in [2.45, 2.75) is 290 Å². The van der Waals surface area contributed by atoms with Crippen LogP contribution in [0.3, 0.4) is 0 Å². The molecule has 0 fully saturated rings. The zero-order chi connectivity index (χ0) is 70.4. The van der Waals surface area contributed by atoms with Gasteiger partial charge in [0.1, 0.15) is 19.3 Å². The van der Waals surface area contributed by atoms with Crippen molar-refractivity contribution in [3.8, 4) is 0 Å². The second kappa shape index (κ2) is 68.7. The fourth-order valence-corrected chi connectivity index (χ4v) is 10.7. The van der Waals surface area contributed by atoms with E-state index < -0.39 is 97.5 Å². The predicted octanol–water partition coefficient (Wildman–Crippen LogP) is 20.5. The minimum Gasteiger partial charge on any atom is -0.462 e. The maximum atomic E-state index is 13.0. The second-order valence-electron chi connectivity index (χ2n) is 23.8. The molecule has 0 saturated carbocycles. The standard InChI is InChI=1S/C77H128O17P2/c1-5-9-13-17-21-25-29-33-35-39-41-45-49-53-57-61-74(79)87-67-72(93-76(81)63-59-55-51-47-43-37-31-27-23-19-15-11-7-3)69-91-95(83,84)89-65-71(78)66-90-96(85,86)92-70-73(94-77(82)64-60-56-52-48-44-38-32-28-24-20-16-12-8-4)68-88-75(80)62-58-54-50-46-42-40-36-34-30-26-22-18-14-10-6-2/h9-10,13-15,19,21-22,25-28,31-36,42,46,54,58,71-73,78H,5-8,11-12,16-18,20,23-24,29-30,37-41,43-45,47-53,55-57,59-70H2,1-4H3,(H,83,84)(H,85,86)/b13-9-,14-10-,19-15-,25-21-,26-22-,31-27-,32-28-,35-33-,36-34-,46-42-,58-54-. The van der Waals surface area contributed by atoms with Crippen molar-refractivity contribution in [2.75, 3.05) is 39.6 Å². The lowest BCUT2D eigenvalue weighted by atomic mass is 10.1. The second-order valence-corrected chi connectivity index (χ2v) is 26.7. The lowest BCUT2D eigenvalue weighted by Gasteiger charge is -2.21. The van der Waals surface area contributed by atoms with Crippen LogP contribution in [0.2, 0.25) is 0 Å². The Morgan fingerprint density at radius 1 is 0.312 bits per heavy atom. The van der Waals surface area contributed by atoms with Gasteiger partial charge in [0.05, 0.1) is 32.8 Å². The quantitative estimate of drug-likeness (QED) is 0.0169. The van der Waals surface area contributed by atoms with E-state index in [2.05, 4.69) is 137 Å². The number of rotatable bonds is 67. The molecule has 0 saturated heterocycles. The van der Waals surface area contributed by atoms with Gasteiger partial charge in [0.2, 0.25) is 0 Å². The monoisotopic (exact) mass is 1390 g/mol. The highest BCUT2D eigenvalue weighted by atomic mass is 31.2. The number of phosphoric ester groups is 2. The van der Waals surface area contributed by atoms with E-state index in [-0.39, 0.29) is 25.7 Å². The molecule has 0 radical (unpaired) electrons. The van der Waals surface area contributed by atoms with Crippen LogP contribution in [-0.4, -0.2) is 96.7 Å². The molecule has 0 aliphatic carbocycles. The molecule has 19 heteroatoms. The summed E-state index contributed by atoms with van der Waals surface area (Å²) in [6.45, 7) is 4.38. The fraction of sp³-hybridized carbons (Fsp3) is 0.662. The van der Waals surface area contributed by atoms with Crippen LogP contribution in [0.4, 0.5) is 0 Å². The molecule has 0 amide bonds. The minimum absolute atomic E-state index is 0.0620. The van der Waals surface area contributed by atoms with Crippen LogP contribution in [0.15, 0.2) is 134 Å². The molecule has 0 heterocycles. The molecule has 0 aromatic heterocycles. The first-order valence-electron chi connectivity index (χ1n) is 36.4. The van der Waals surface area contributed by atoms with Crippen LogP contribution >= 0.6 is 15.6 Å². The number of carbonyl (C=O) groups excluding carboxylic acids is 4. The Balaban J connectivity index is 5.44. The molecule has 5 atom stereocenters. The minimum atomic E-state index is -5.00. The first-order valence-corrected chi connectivity index (χ1v) is 39.4. The Morgan fingerprint density at radius 3 is 0.979 bits per heavy atom. The first-order chi connectivity index (χ1) is 46.7. The largest absolute Gasteiger partial charge is 0.472 e. The van der Waals surface area contributed by atoms with E-state index in [4.69, 9.17) is 37.0 Å². The maximum absolute atomic E-state index is 13.0. The number of phosphoric acid groups is 2. The van der Waals surface area contributed by atoms with Crippen molar-refractivity contribution in [3.63, 3.8) is 0 Å².